The summed E-state index contributed by atoms with van der Waals surface area (Å²) in [5.74, 6) is 1.26. The van der Waals surface area contributed by atoms with Crippen LogP contribution < -0.4 is 10.1 Å². The number of ether oxygens (including phenoxy) is 1. The molecule has 0 aliphatic carbocycles. The summed E-state index contributed by atoms with van der Waals surface area (Å²) < 4.78 is 5.24. The minimum atomic E-state index is -0.312. The second-order valence-electron chi connectivity index (χ2n) is 5.75. The molecule has 0 spiro atoms. The Bertz CT molecular complexity index is 629. The quantitative estimate of drug-likeness (QED) is 0.902. The lowest BCUT2D eigenvalue weighted by molar-refractivity contribution is 0.0940. The number of carbonyl (C=O) groups excluding carboxylic acids is 1. The molecule has 0 saturated heterocycles. The standard InChI is InChI=1S/C15H20N4O2/c1-15(2,3)14-17-12(18-19-14)13(20)16-9-10-7-5-6-8-11(10)21-4/h5-8H,9H2,1-4H3,(H,16,20)(H,17,18,19). The molecule has 6 heteroatoms. The number of carbonyl (C=O) groups is 1. The molecule has 2 aromatic rings. The SMILES string of the molecule is COc1ccccc1CNC(=O)c1n[nH]c(C(C)(C)C)n1. The maximum absolute atomic E-state index is 12.1. The van der Waals surface area contributed by atoms with E-state index in [-0.39, 0.29) is 17.1 Å². The van der Waals surface area contributed by atoms with Crippen molar-refractivity contribution in [3.8, 4) is 5.75 Å². The Hall–Kier alpha value is -2.37. The molecule has 21 heavy (non-hydrogen) atoms. The van der Waals surface area contributed by atoms with Crippen molar-refractivity contribution in [1.82, 2.24) is 20.5 Å². The summed E-state index contributed by atoms with van der Waals surface area (Å²) in [6.07, 6.45) is 0. The van der Waals surface area contributed by atoms with E-state index in [9.17, 15) is 4.79 Å². The Morgan fingerprint density at radius 1 is 1.33 bits per heavy atom. The fourth-order valence-corrected chi connectivity index (χ4v) is 1.80. The van der Waals surface area contributed by atoms with Crippen LogP contribution in [0.4, 0.5) is 0 Å². The molecule has 0 radical (unpaired) electrons. The molecule has 0 atom stereocenters. The van der Waals surface area contributed by atoms with E-state index in [4.69, 9.17) is 4.74 Å². The number of H-pyrrole nitrogens is 1. The van der Waals surface area contributed by atoms with Gasteiger partial charge in [0.2, 0.25) is 5.82 Å². The number of benzene rings is 1. The lowest BCUT2D eigenvalue weighted by Crippen LogP contribution is -2.24. The Balaban J connectivity index is 2.03. The summed E-state index contributed by atoms with van der Waals surface area (Å²) in [5.41, 5.74) is 0.730. The number of hydrogen-bond acceptors (Lipinski definition) is 4. The van der Waals surface area contributed by atoms with Crippen molar-refractivity contribution in [2.75, 3.05) is 7.11 Å². The number of hydrogen-bond donors (Lipinski definition) is 2. The third kappa shape index (κ3) is 3.59. The van der Waals surface area contributed by atoms with Crippen molar-refractivity contribution < 1.29 is 9.53 Å². The van der Waals surface area contributed by atoms with Crippen LogP contribution in [-0.2, 0) is 12.0 Å². The number of aromatic nitrogens is 3. The number of amides is 1. The molecule has 1 amide bonds. The van der Waals surface area contributed by atoms with Gasteiger partial charge in [0.15, 0.2) is 0 Å². The zero-order valence-corrected chi connectivity index (χ0v) is 12.7. The summed E-state index contributed by atoms with van der Waals surface area (Å²) in [7, 11) is 1.60. The summed E-state index contributed by atoms with van der Waals surface area (Å²) in [6.45, 7) is 6.38. The first-order valence-corrected chi connectivity index (χ1v) is 6.75. The fraction of sp³-hybridized carbons (Fsp3) is 0.400. The molecule has 6 nitrogen and oxygen atoms in total. The Morgan fingerprint density at radius 3 is 2.67 bits per heavy atom. The molecule has 2 rings (SSSR count). The number of methoxy groups -OCH3 is 1. The Kier molecular flexibility index (Phi) is 4.26. The molecule has 112 valence electrons. The van der Waals surface area contributed by atoms with E-state index in [0.717, 1.165) is 11.3 Å². The maximum Gasteiger partial charge on any atom is 0.291 e. The summed E-state index contributed by atoms with van der Waals surface area (Å²) in [5, 5.41) is 9.55. The van der Waals surface area contributed by atoms with Crippen LogP contribution in [0.2, 0.25) is 0 Å². The summed E-state index contributed by atoms with van der Waals surface area (Å²) >= 11 is 0. The highest BCUT2D eigenvalue weighted by Gasteiger charge is 2.21. The Labute approximate surface area is 123 Å². The highest BCUT2D eigenvalue weighted by molar-refractivity contribution is 5.90. The van der Waals surface area contributed by atoms with E-state index >= 15 is 0 Å². The van der Waals surface area contributed by atoms with Crippen molar-refractivity contribution in [2.45, 2.75) is 32.7 Å². The van der Waals surface area contributed by atoms with E-state index in [2.05, 4.69) is 20.5 Å². The highest BCUT2D eigenvalue weighted by atomic mass is 16.5. The average Bonchev–Trinajstić information content (AvgIpc) is 2.95. The molecule has 0 unspecified atom stereocenters. The predicted molar refractivity (Wildman–Crippen MR) is 79.2 cm³/mol. The molecule has 0 saturated carbocycles. The number of aromatic amines is 1. The molecular weight excluding hydrogens is 268 g/mol. The lowest BCUT2D eigenvalue weighted by Gasteiger charge is -2.12. The molecule has 1 aromatic carbocycles. The van der Waals surface area contributed by atoms with Gasteiger partial charge in [-0.25, -0.2) is 4.98 Å². The van der Waals surface area contributed by atoms with Crippen LogP contribution in [-0.4, -0.2) is 28.2 Å². The normalized spacial score (nSPS) is 11.2. The van der Waals surface area contributed by atoms with Gasteiger partial charge in [0, 0.05) is 17.5 Å². The molecular formula is C15H20N4O2. The van der Waals surface area contributed by atoms with E-state index in [1.165, 1.54) is 0 Å². The van der Waals surface area contributed by atoms with Crippen molar-refractivity contribution in [3.05, 3.63) is 41.5 Å². The van der Waals surface area contributed by atoms with Gasteiger partial charge in [0.1, 0.15) is 11.6 Å². The van der Waals surface area contributed by atoms with Gasteiger partial charge in [-0.05, 0) is 6.07 Å². The van der Waals surface area contributed by atoms with Crippen molar-refractivity contribution in [2.24, 2.45) is 0 Å². The fourth-order valence-electron chi connectivity index (χ4n) is 1.80. The van der Waals surface area contributed by atoms with E-state index < -0.39 is 0 Å². The zero-order chi connectivity index (χ0) is 15.5. The minimum Gasteiger partial charge on any atom is -0.496 e. The van der Waals surface area contributed by atoms with Gasteiger partial charge in [-0.1, -0.05) is 39.0 Å². The van der Waals surface area contributed by atoms with Gasteiger partial charge < -0.3 is 10.1 Å². The summed E-state index contributed by atoms with van der Waals surface area (Å²) in [4.78, 5) is 16.3. The first kappa shape index (κ1) is 15.0. The van der Waals surface area contributed by atoms with E-state index in [0.29, 0.717) is 12.4 Å². The van der Waals surface area contributed by atoms with Gasteiger partial charge in [-0.3, -0.25) is 9.89 Å². The van der Waals surface area contributed by atoms with Gasteiger partial charge in [-0.2, -0.15) is 0 Å². The second kappa shape index (κ2) is 5.95. The van der Waals surface area contributed by atoms with E-state index in [1.807, 2.05) is 45.0 Å². The largest absolute Gasteiger partial charge is 0.496 e. The van der Waals surface area contributed by atoms with E-state index in [1.54, 1.807) is 7.11 Å². The lowest BCUT2D eigenvalue weighted by atomic mass is 9.96. The smallest absolute Gasteiger partial charge is 0.291 e. The van der Waals surface area contributed by atoms with Crippen LogP contribution in [0.3, 0.4) is 0 Å². The van der Waals surface area contributed by atoms with Crippen LogP contribution >= 0.6 is 0 Å². The average molecular weight is 288 g/mol. The Morgan fingerprint density at radius 2 is 2.05 bits per heavy atom. The number of nitrogens with one attached hydrogen (secondary N) is 2. The summed E-state index contributed by atoms with van der Waals surface area (Å²) in [6, 6.07) is 7.53. The first-order valence-electron chi connectivity index (χ1n) is 6.75. The number of para-hydroxylation sites is 1. The molecule has 2 N–H and O–H groups in total. The molecule has 1 heterocycles. The molecule has 0 bridgehead atoms. The van der Waals surface area contributed by atoms with Crippen LogP contribution in [0.15, 0.2) is 24.3 Å². The predicted octanol–water partition coefficient (Wildman–Crippen LogP) is 2.04. The van der Waals surface area contributed by atoms with Gasteiger partial charge in [0.05, 0.1) is 7.11 Å². The molecule has 0 fully saturated rings. The highest BCUT2D eigenvalue weighted by Crippen LogP contribution is 2.18. The van der Waals surface area contributed by atoms with Crippen LogP contribution in [0, 0.1) is 0 Å². The topological polar surface area (TPSA) is 79.9 Å². The minimum absolute atomic E-state index is 0.148. The first-order chi connectivity index (χ1) is 9.91. The third-order valence-electron chi connectivity index (χ3n) is 3.03. The van der Waals surface area contributed by atoms with Crippen molar-refractivity contribution >= 4 is 5.91 Å². The second-order valence-corrected chi connectivity index (χ2v) is 5.75. The van der Waals surface area contributed by atoms with Gasteiger partial charge >= 0.3 is 0 Å². The van der Waals surface area contributed by atoms with Gasteiger partial charge in [0.25, 0.3) is 5.91 Å². The third-order valence-corrected chi connectivity index (χ3v) is 3.03. The zero-order valence-electron chi connectivity index (χ0n) is 12.7. The van der Waals surface area contributed by atoms with Gasteiger partial charge in [-0.15, -0.1) is 5.10 Å². The molecule has 0 aliphatic rings. The van der Waals surface area contributed by atoms with Crippen LogP contribution in [0.5, 0.6) is 5.75 Å². The van der Waals surface area contributed by atoms with Crippen LogP contribution in [0.1, 0.15) is 42.8 Å². The number of rotatable bonds is 4. The monoisotopic (exact) mass is 288 g/mol. The maximum atomic E-state index is 12.1. The van der Waals surface area contributed by atoms with Crippen molar-refractivity contribution in [3.63, 3.8) is 0 Å². The van der Waals surface area contributed by atoms with Crippen molar-refractivity contribution in [1.29, 1.82) is 0 Å². The molecule has 0 aliphatic heterocycles. The number of nitrogens with zero attached hydrogens (tertiary/aromatic N) is 2. The molecule has 1 aromatic heterocycles. The van der Waals surface area contributed by atoms with Crippen LogP contribution in [0.25, 0.3) is 0 Å².